The van der Waals surface area contributed by atoms with Gasteiger partial charge < -0.3 is 10.1 Å². The Labute approximate surface area is 119 Å². The van der Waals surface area contributed by atoms with Gasteiger partial charge in [0.2, 0.25) is 0 Å². The normalized spacial score (nSPS) is 10.0. The molecule has 2 aromatic rings. The van der Waals surface area contributed by atoms with Crippen LogP contribution in [0, 0.1) is 11.6 Å². The first kappa shape index (κ1) is 14.6. The summed E-state index contributed by atoms with van der Waals surface area (Å²) in [5, 5.41) is 2.41. The number of benzene rings is 2. The highest BCUT2D eigenvalue weighted by Crippen LogP contribution is 2.17. The average molecular weight is 291 g/mol. The number of anilines is 1. The van der Waals surface area contributed by atoms with E-state index >= 15 is 0 Å². The fourth-order valence-electron chi connectivity index (χ4n) is 1.61. The molecule has 2 aromatic carbocycles. The largest absolute Gasteiger partial charge is 0.481 e. The Morgan fingerprint density at radius 3 is 2.67 bits per heavy atom. The van der Waals surface area contributed by atoms with E-state index in [2.05, 4.69) is 5.32 Å². The van der Waals surface area contributed by atoms with E-state index in [0.717, 1.165) is 12.1 Å². The predicted octanol–water partition coefficient (Wildman–Crippen LogP) is 2.79. The molecule has 0 saturated carbocycles. The first-order valence-corrected chi connectivity index (χ1v) is 6.01. The number of carbonyl (C=O) groups excluding carboxylic acids is 2. The Kier molecular flexibility index (Phi) is 4.61. The number of nitrogens with one attached hydrogen (secondary N) is 1. The van der Waals surface area contributed by atoms with Gasteiger partial charge >= 0.3 is 0 Å². The van der Waals surface area contributed by atoms with Crippen LogP contribution in [0.4, 0.5) is 14.5 Å². The van der Waals surface area contributed by atoms with Gasteiger partial charge in [0.05, 0.1) is 0 Å². The molecule has 0 aromatic heterocycles. The molecule has 0 aliphatic rings. The van der Waals surface area contributed by atoms with Crippen LogP contribution >= 0.6 is 0 Å². The molecular formula is C15H11F2NO3. The van der Waals surface area contributed by atoms with Gasteiger partial charge in [0.15, 0.2) is 18.2 Å². The lowest BCUT2D eigenvalue weighted by Crippen LogP contribution is -2.20. The van der Waals surface area contributed by atoms with Crippen molar-refractivity contribution in [1.29, 1.82) is 0 Å². The summed E-state index contributed by atoms with van der Waals surface area (Å²) in [4.78, 5) is 22.1. The van der Waals surface area contributed by atoms with Crippen molar-refractivity contribution in [3.8, 4) is 5.75 Å². The summed E-state index contributed by atoms with van der Waals surface area (Å²) < 4.78 is 31.4. The first-order chi connectivity index (χ1) is 10.1. The molecule has 0 aliphatic carbocycles. The summed E-state index contributed by atoms with van der Waals surface area (Å²) >= 11 is 0. The van der Waals surface area contributed by atoms with Crippen molar-refractivity contribution in [2.45, 2.75) is 0 Å². The van der Waals surface area contributed by atoms with Gasteiger partial charge in [-0.15, -0.1) is 0 Å². The third-order valence-corrected chi connectivity index (χ3v) is 2.56. The monoisotopic (exact) mass is 291 g/mol. The van der Waals surface area contributed by atoms with Crippen molar-refractivity contribution in [2.24, 2.45) is 0 Å². The van der Waals surface area contributed by atoms with E-state index in [1.165, 1.54) is 30.3 Å². The molecule has 4 nitrogen and oxygen atoms in total. The van der Waals surface area contributed by atoms with Gasteiger partial charge in [0, 0.05) is 11.3 Å². The van der Waals surface area contributed by atoms with Crippen molar-refractivity contribution in [3.05, 3.63) is 59.7 Å². The van der Waals surface area contributed by atoms with E-state index in [1.807, 2.05) is 0 Å². The van der Waals surface area contributed by atoms with Crippen molar-refractivity contribution >= 4 is 17.9 Å². The van der Waals surface area contributed by atoms with Crippen LogP contribution < -0.4 is 10.1 Å². The standard InChI is InChI=1S/C15H11F2NO3/c16-11-2-1-3-12(7-11)18-15(20)9-21-14-5-4-10(8-19)6-13(14)17/h1-8H,9H2,(H,18,20). The molecule has 0 saturated heterocycles. The van der Waals surface area contributed by atoms with Crippen LogP contribution in [0.5, 0.6) is 5.75 Å². The summed E-state index contributed by atoms with van der Waals surface area (Å²) in [7, 11) is 0. The van der Waals surface area contributed by atoms with Gasteiger partial charge in [-0.25, -0.2) is 8.78 Å². The molecule has 0 bridgehead atoms. The Morgan fingerprint density at radius 2 is 2.00 bits per heavy atom. The summed E-state index contributed by atoms with van der Waals surface area (Å²) in [5.41, 5.74) is 0.449. The van der Waals surface area contributed by atoms with E-state index < -0.39 is 24.1 Å². The highest BCUT2D eigenvalue weighted by molar-refractivity contribution is 5.91. The van der Waals surface area contributed by atoms with E-state index in [1.54, 1.807) is 0 Å². The summed E-state index contributed by atoms with van der Waals surface area (Å²) in [6, 6.07) is 8.99. The Morgan fingerprint density at radius 1 is 1.19 bits per heavy atom. The van der Waals surface area contributed by atoms with Crippen molar-refractivity contribution < 1.29 is 23.1 Å². The lowest BCUT2D eigenvalue weighted by molar-refractivity contribution is -0.118. The van der Waals surface area contributed by atoms with E-state index in [4.69, 9.17) is 4.74 Å². The van der Waals surface area contributed by atoms with Crippen molar-refractivity contribution in [3.63, 3.8) is 0 Å². The number of hydrogen-bond acceptors (Lipinski definition) is 3. The van der Waals surface area contributed by atoms with Crippen LogP contribution in [0.15, 0.2) is 42.5 Å². The number of ether oxygens (including phenoxy) is 1. The predicted molar refractivity (Wildman–Crippen MR) is 72.3 cm³/mol. The fraction of sp³-hybridized carbons (Fsp3) is 0.0667. The van der Waals surface area contributed by atoms with Gasteiger partial charge in [-0.1, -0.05) is 6.07 Å². The molecule has 0 heterocycles. The number of halogens is 2. The van der Waals surface area contributed by atoms with Crippen LogP contribution in [0.1, 0.15) is 10.4 Å². The maximum absolute atomic E-state index is 13.5. The lowest BCUT2D eigenvalue weighted by Gasteiger charge is -2.08. The van der Waals surface area contributed by atoms with Crippen LogP contribution in [-0.2, 0) is 4.79 Å². The zero-order valence-corrected chi connectivity index (χ0v) is 10.8. The minimum atomic E-state index is -0.738. The Hall–Kier alpha value is -2.76. The molecule has 0 unspecified atom stereocenters. The minimum absolute atomic E-state index is 0.144. The molecule has 0 spiro atoms. The number of amides is 1. The number of rotatable bonds is 5. The number of aldehydes is 1. The SMILES string of the molecule is O=Cc1ccc(OCC(=O)Nc2cccc(F)c2)c(F)c1. The van der Waals surface area contributed by atoms with Crippen LogP contribution in [-0.4, -0.2) is 18.8 Å². The molecule has 1 N–H and O–H groups in total. The summed E-state index contributed by atoms with van der Waals surface area (Å²) in [6.45, 7) is -0.437. The second kappa shape index (κ2) is 6.60. The molecule has 0 atom stereocenters. The summed E-state index contributed by atoms with van der Waals surface area (Å²) in [6.07, 6.45) is 0.503. The number of carbonyl (C=O) groups is 2. The van der Waals surface area contributed by atoms with E-state index in [9.17, 15) is 18.4 Å². The van der Waals surface area contributed by atoms with Gasteiger partial charge in [-0.2, -0.15) is 0 Å². The number of hydrogen-bond donors (Lipinski definition) is 1. The van der Waals surface area contributed by atoms with Crippen LogP contribution in [0.3, 0.4) is 0 Å². The molecule has 0 aliphatic heterocycles. The lowest BCUT2D eigenvalue weighted by atomic mass is 10.2. The third kappa shape index (κ3) is 4.10. The molecule has 6 heteroatoms. The maximum atomic E-state index is 13.5. The van der Waals surface area contributed by atoms with E-state index in [-0.39, 0.29) is 17.0 Å². The smallest absolute Gasteiger partial charge is 0.262 e. The minimum Gasteiger partial charge on any atom is -0.481 e. The van der Waals surface area contributed by atoms with Gasteiger partial charge in [0.1, 0.15) is 12.1 Å². The van der Waals surface area contributed by atoms with Gasteiger partial charge in [-0.3, -0.25) is 9.59 Å². The van der Waals surface area contributed by atoms with Gasteiger partial charge in [-0.05, 0) is 36.4 Å². The molecular weight excluding hydrogens is 280 g/mol. The first-order valence-electron chi connectivity index (χ1n) is 6.01. The van der Waals surface area contributed by atoms with Crippen molar-refractivity contribution in [1.82, 2.24) is 0 Å². The highest BCUT2D eigenvalue weighted by atomic mass is 19.1. The van der Waals surface area contributed by atoms with Crippen molar-refractivity contribution in [2.75, 3.05) is 11.9 Å². The molecule has 0 radical (unpaired) electrons. The zero-order chi connectivity index (χ0) is 15.2. The average Bonchev–Trinajstić information content (AvgIpc) is 2.46. The molecule has 108 valence electrons. The second-order valence-electron chi connectivity index (χ2n) is 4.15. The van der Waals surface area contributed by atoms with Crippen LogP contribution in [0.2, 0.25) is 0 Å². The van der Waals surface area contributed by atoms with Crippen LogP contribution in [0.25, 0.3) is 0 Å². The third-order valence-electron chi connectivity index (χ3n) is 2.56. The Balaban J connectivity index is 1.93. The van der Waals surface area contributed by atoms with Gasteiger partial charge in [0.25, 0.3) is 5.91 Å². The Bertz CT molecular complexity index is 674. The molecule has 1 amide bonds. The molecule has 2 rings (SSSR count). The zero-order valence-electron chi connectivity index (χ0n) is 10.8. The fourth-order valence-corrected chi connectivity index (χ4v) is 1.61. The van der Waals surface area contributed by atoms with E-state index in [0.29, 0.717) is 6.29 Å². The second-order valence-corrected chi connectivity index (χ2v) is 4.15. The highest BCUT2D eigenvalue weighted by Gasteiger charge is 2.08. The molecule has 0 fully saturated rings. The maximum Gasteiger partial charge on any atom is 0.262 e. The quantitative estimate of drug-likeness (QED) is 0.862. The molecule has 21 heavy (non-hydrogen) atoms. The summed E-state index contributed by atoms with van der Waals surface area (Å²) in [5.74, 6) is -1.92. The topological polar surface area (TPSA) is 55.4 Å².